The third-order valence-electron chi connectivity index (χ3n) is 5.70. The fraction of sp³-hybridized carbons (Fsp3) is 0.792. The van der Waals surface area contributed by atoms with Crippen molar-refractivity contribution in [1.29, 1.82) is 0 Å². The topological polar surface area (TPSA) is 87.0 Å². The predicted molar refractivity (Wildman–Crippen MR) is 117 cm³/mol. The Kier molecular flexibility index (Phi) is 11.8. The van der Waals surface area contributed by atoms with Gasteiger partial charge in [-0.05, 0) is 52.4 Å². The number of unbranched alkanes of at least 4 members (excludes halogenated alkanes) is 3. The van der Waals surface area contributed by atoms with Gasteiger partial charge < -0.3 is 20.1 Å². The van der Waals surface area contributed by atoms with Crippen LogP contribution in [0.3, 0.4) is 0 Å². The Balaban J connectivity index is 2.74. The Hall–Kier alpha value is -1.17. The SMILES string of the molecule is CCCCC[C@@](C)(/C=C/[C@@H]1[C@@H](C/C=C\CCCC(=O)O)[C@@H](O)C[C@H]1O)OC(C)C. The number of allylic oxidation sites excluding steroid dienone is 2. The summed E-state index contributed by atoms with van der Waals surface area (Å²) in [4.78, 5) is 10.6. The standard InChI is InChI=1S/C24H42O5/c1-5-6-11-15-24(4,29-18(2)3)16-14-20-19(21(25)17-22(20)26)12-9-7-8-10-13-23(27)28/h7,9,14,16,18-22,25-26H,5-6,8,10-13,15,17H2,1-4H3,(H,27,28)/b9-7-,16-14+/t19-,20-,21+,22-,24+/m1/s1. The molecule has 1 saturated carbocycles. The van der Waals surface area contributed by atoms with E-state index in [-0.39, 0.29) is 30.0 Å². The molecule has 1 aliphatic carbocycles. The minimum absolute atomic E-state index is 0.0316. The highest BCUT2D eigenvalue weighted by Crippen LogP contribution is 2.37. The smallest absolute Gasteiger partial charge is 0.303 e. The zero-order valence-corrected chi connectivity index (χ0v) is 18.7. The summed E-state index contributed by atoms with van der Waals surface area (Å²) in [6.45, 7) is 8.37. The predicted octanol–water partition coefficient (Wildman–Crippen LogP) is 4.87. The van der Waals surface area contributed by atoms with Gasteiger partial charge in [-0.2, -0.15) is 0 Å². The van der Waals surface area contributed by atoms with Gasteiger partial charge in [0.05, 0.1) is 23.9 Å². The minimum Gasteiger partial charge on any atom is -0.481 e. The lowest BCUT2D eigenvalue weighted by atomic mass is 9.87. The fourth-order valence-electron chi connectivity index (χ4n) is 4.21. The van der Waals surface area contributed by atoms with E-state index < -0.39 is 18.2 Å². The third-order valence-corrected chi connectivity index (χ3v) is 5.70. The first-order valence-corrected chi connectivity index (χ1v) is 11.3. The Bertz CT molecular complexity index is 527. The van der Waals surface area contributed by atoms with E-state index in [4.69, 9.17) is 9.84 Å². The minimum atomic E-state index is -0.774. The molecule has 0 saturated heterocycles. The number of carbonyl (C=O) groups is 1. The molecule has 29 heavy (non-hydrogen) atoms. The van der Waals surface area contributed by atoms with Crippen LogP contribution in [0.25, 0.3) is 0 Å². The lowest BCUT2D eigenvalue weighted by Crippen LogP contribution is -2.30. The molecule has 3 N–H and O–H groups in total. The van der Waals surface area contributed by atoms with Gasteiger partial charge in [-0.15, -0.1) is 0 Å². The number of rotatable bonds is 14. The summed E-state index contributed by atoms with van der Waals surface area (Å²) in [6, 6.07) is 0. The highest BCUT2D eigenvalue weighted by atomic mass is 16.5. The number of aliphatic hydroxyl groups excluding tert-OH is 2. The molecular formula is C24H42O5. The maximum absolute atomic E-state index is 10.6. The normalized spacial score (nSPS) is 27.3. The van der Waals surface area contributed by atoms with Gasteiger partial charge in [0.25, 0.3) is 0 Å². The molecule has 5 nitrogen and oxygen atoms in total. The van der Waals surface area contributed by atoms with E-state index in [1.54, 1.807) is 0 Å². The number of aliphatic carboxylic acids is 1. The van der Waals surface area contributed by atoms with Crippen molar-refractivity contribution in [2.75, 3.05) is 0 Å². The van der Waals surface area contributed by atoms with Crippen LogP contribution in [0, 0.1) is 11.8 Å². The first-order chi connectivity index (χ1) is 13.7. The van der Waals surface area contributed by atoms with Crippen LogP contribution in [-0.2, 0) is 9.53 Å². The molecule has 5 atom stereocenters. The van der Waals surface area contributed by atoms with Crippen LogP contribution < -0.4 is 0 Å². The second kappa shape index (κ2) is 13.2. The van der Waals surface area contributed by atoms with Gasteiger partial charge in [-0.25, -0.2) is 0 Å². The molecule has 0 heterocycles. The summed E-state index contributed by atoms with van der Waals surface area (Å²) in [5, 5.41) is 29.6. The second-order valence-electron chi connectivity index (χ2n) is 8.90. The first-order valence-electron chi connectivity index (χ1n) is 11.3. The molecule has 0 bridgehead atoms. The molecule has 0 radical (unpaired) electrons. The monoisotopic (exact) mass is 410 g/mol. The quantitative estimate of drug-likeness (QED) is 0.281. The van der Waals surface area contributed by atoms with Crippen LogP contribution in [0.1, 0.15) is 85.5 Å². The van der Waals surface area contributed by atoms with E-state index in [0.717, 1.165) is 25.7 Å². The molecule has 0 unspecified atom stereocenters. The van der Waals surface area contributed by atoms with Crippen LogP contribution in [0.5, 0.6) is 0 Å². The average molecular weight is 411 g/mol. The summed E-state index contributed by atoms with van der Waals surface area (Å²) in [5.74, 6) is -0.908. The van der Waals surface area contributed by atoms with Crippen molar-refractivity contribution in [2.24, 2.45) is 11.8 Å². The zero-order chi connectivity index (χ0) is 21.9. The number of aliphatic hydroxyl groups is 2. The number of ether oxygens (including phenoxy) is 1. The van der Waals surface area contributed by atoms with Crippen molar-refractivity contribution in [2.45, 2.75) is 109 Å². The summed E-state index contributed by atoms with van der Waals surface area (Å²) >= 11 is 0. The van der Waals surface area contributed by atoms with E-state index >= 15 is 0 Å². The Labute approximate surface area is 176 Å². The molecule has 0 aromatic heterocycles. The Morgan fingerprint density at radius 1 is 1.17 bits per heavy atom. The van der Waals surface area contributed by atoms with E-state index in [0.29, 0.717) is 19.3 Å². The number of carboxylic acids is 1. The summed E-state index contributed by atoms with van der Waals surface area (Å²) in [5.41, 5.74) is -0.367. The molecule has 0 aliphatic heterocycles. The highest BCUT2D eigenvalue weighted by Gasteiger charge is 2.39. The van der Waals surface area contributed by atoms with Gasteiger partial charge >= 0.3 is 5.97 Å². The highest BCUT2D eigenvalue weighted by molar-refractivity contribution is 5.66. The van der Waals surface area contributed by atoms with Crippen LogP contribution in [0.2, 0.25) is 0 Å². The Morgan fingerprint density at radius 3 is 2.52 bits per heavy atom. The molecular weight excluding hydrogens is 368 g/mol. The van der Waals surface area contributed by atoms with Crippen LogP contribution in [-0.4, -0.2) is 45.2 Å². The molecule has 168 valence electrons. The molecule has 1 aliphatic rings. The summed E-state index contributed by atoms with van der Waals surface area (Å²) in [7, 11) is 0. The number of hydrogen-bond acceptors (Lipinski definition) is 4. The van der Waals surface area contributed by atoms with Gasteiger partial charge in [0.1, 0.15) is 0 Å². The number of carboxylic acid groups (broad SMARTS) is 1. The average Bonchev–Trinajstić information content (AvgIpc) is 2.88. The lowest BCUT2D eigenvalue weighted by molar-refractivity contribution is -0.137. The molecule has 5 heteroatoms. The van der Waals surface area contributed by atoms with Gasteiger partial charge in [0, 0.05) is 18.8 Å². The maximum Gasteiger partial charge on any atom is 0.303 e. The molecule has 0 aromatic rings. The van der Waals surface area contributed by atoms with Crippen molar-refractivity contribution >= 4 is 5.97 Å². The largest absolute Gasteiger partial charge is 0.481 e. The van der Waals surface area contributed by atoms with Crippen molar-refractivity contribution in [3.05, 3.63) is 24.3 Å². The molecule has 0 spiro atoms. The molecule has 0 aromatic carbocycles. The Morgan fingerprint density at radius 2 is 1.90 bits per heavy atom. The second-order valence-corrected chi connectivity index (χ2v) is 8.90. The van der Waals surface area contributed by atoms with Gasteiger partial charge in [-0.1, -0.05) is 50.5 Å². The number of hydrogen-bond donors (Lipinski definition) is 3. The van der Waals surface area contributed by atoms with Crippen LogP contribution in [0.15, 0.2) is 24.3 Å². The maximum atomic E-state index is 10.6. The van der Waals surface area contributed by atoms with Crippen molar-refractivity contribution in [1.82, 2.24) is 0 Å². The van der Waals surface area contributed by atoms with Gasteiger partial charge in [0.15, 0.2) is 0 Å². The zero-order valence-electron chi connectivity index (χ0n) is 18.7. The van der Waals surface area contributed by atoms with Crippen LogP contribution in [0.4, 0.5) is 0 Å². The molecule has 0 amide bonds. The molecule has 1 fully saturated rings. The van der Waals surface area contributed by atoms with E-state index in [9.17, 15) is 15.0 Å². The first kappa shape index (κ1) is 25.9. The van der Waals surface area contributed by atoms with Crippen LogP contribution >= 0.6 is 0 Å². The van der Waals surface area contributed by atoms with E-state index in [2.05, 4.69) is 26.0 Å². The van der Waals surface area contributed by atoms with Crippen molar-refractivity contribution < 1.29 is 24.9 Å². The van der Waals surface area contributed by atoms with Gasteiger partial charge in [0.2, 0.25) is 0 Å². The van der Waals surface area contributed by atoms with E-state index in [1.807, 2.05) is 26.0 Å². The fourth-order valence-corrected chi connectivity index (χ4v) is 4.21. The summed E-state index contributed by atoms with van der Waals surface area (Å²) < 4.78 is 6.19. The van der Waals surface area contributed by atoms with Gasteiger partial charge in [-0.3, -0.25) is 4.79 Å². The van der Waals surface area contributed by atoms with Crippen molar-refractivity contribution in [3.8, 4) is 0 Å². The van der Waals surface area contributed by atoms with Crippen molar-refractivity contribution in [3.63, 3.8) is 0 Å². The third kappa shape index (κ3) is 9.92. The van der Waals surface area contributed by atoms with E-state index in [1.165, 1.54) is 6.42 Å². The summed E-state index contributed by atoms with van der Waals surface area (Å²) in [6.07, 6.45) is 14.1. The lowest BCUT2D eigenvalue weighted by Gasteiger charge is -2.30. The molecule has 1 rings (SSSR count).